The second-order valence-corrected chi connectivity index (χ2v) is 17.2. The van der Waals surface area contributed by atoms with Crippen molar-refractivity contribution in [3.8, 4) is 11.4 Å². The maximum absolute atomic E-state index is 13.3. The Morgan fingerprint density at radius 3 is 1.35 bits per heavy atom. The molecule has 0 spiro atoms. The van der Waals surface area contributed by atoms with E-state index in [0.717, 1.165) is 72.4 Å². The molecule has 2 fully saturated rings. The van der Waals surface area contributed by atoms with Gasteiger partial charge in [-0.15, -0.1) is 0 Å². The molecule has 0 unspecified atom stereocenters. The van der Waals surface area contributed by atoms with Crippen LogP contribution >= 0.6 is 0 Å². The Hall–Kier alpha value is -5.72. The predicted octanol–water partition coefficient (Wildman–Crippen LogP) is 10.0. The van der Waals surface area contributed by atoms with Crippen LogP contribution in [-0.4, -0.2) is 39.7 Å². The number of rotatable bonds is 8. The van der Waals surface area contributed by atoms with Crippen molar-refractivity contribution in [1.29, 1.82) is 0 Å². The van der Waals surface area contributed by atoms with Crippen LogP contribution in [0, 0.1) is 46.2 Å². The fourth-order valence-electron chi connectivity index (χ4n) is 10.2. The number of benzene rings is 2. The van der Waals surface area contributed by atoms with Crippen molar-refractivity contribution in [2.75, 3.05) is 0 Å². The number of allylic oxidation sites excluding steroid dienone is 2. The van der Waals surface area contributed by atoms with Gasteiger partial charge in [-0.25, -0.2) is 28.1 Å². The van der Waals surface area contributed by atoms with Crippen molar-refractivity contribution in [3.05, 3.63) is 166 Å². The molecule has 2 aromatic carbocycles. The average Bonchev–Trinajstić information content (AvgIpc) is 4.00. The van der Waals surface area contributed by atoms with Gasteiger partial charge in [0.05, 0.1) is 47.4 Å². The summed E-state index contributed by atoms with van der Waals surface area (Å²) in [5.41, 5.74) is 10.1. The smallest absolute Gasteiger partial charge is 0.212 e. The average molecular weight is 815 g/mol. The zero-order valence-electron chi connectivity index (χ0n) is 33.4. The summed E-state index contributed by atoms with van der Waals surface area (Å²) in [7, 11) is 0. The quantitative estimate of drug-likeness (QED) is 0.117. The van der Waals surface area contributed by atoms with Gasteiger partial charge in [-0.3, -0.25) is 0 Å². The molecule has 6 atom stereocenters. The minimum Gasteiger partial charge on any atom is -0.388 e. The Labute approximate surface area is 346 Å². The van der Waals surface area contributed by atoms with Crippen molar-refractivity contribution < 1.29 is 27.8 Å². The molecule has 4 heterocycles. The van der Waals surface area contributed by atoms with Gasteiger partial charge < -0.3 is 10.2 Å². The lowest BCUT2D eigenvalue weighted by Crippen LogP contribution is -2.30. The first-order chi connectivity index (χ1) is 28.9. The number of pyridine rings is 2. The van der Waals surface area contributed by atoms with Gasteiger partial charge in [-0.1, -0.05) is 37.1 Å². The number of fused-ring (bicyclic) bond motifs is 4. The second kappa shape index (κ2) is 15.7. The lowest BCUT2D eigenvalue weighted by molar-refractivity contribution is 0.112. The van der Waals surface area contributed by atoms with Crippen LogP contribution < -0.4 is 0 Å². The lowest BCUT2D eigenvalue weighted by atomic mass is 9.68. The third-order valence-corrected chi connectivity index (χ3v) is 13.7. The molecule has 2 saturated carbocycles. The highest BCUT2D eigenvalue weighted by Crippen LogP contribution is 2.56. The van der Waals surface area contributed by atoms with E-state index in [1.807, 2.05) is 21.8 Å². The number of hydrogen-bond donors (Lipinski definition) is 2. The van der Waals surface area contributed by atoms with E-state index >= 15 is 0 Å². The van der Waals surface area contributed by atoms with Crippen LogP contribution in [0.5, 0.6) is 0 Å². The molecular formula is C48H46F4N6O2. The zero-order valence-corrected chi connectivity index (χ0v) is 33.4. The van der Waals surface area contributed by atoms with E-state index in [1.165, 1.54) is 59.9 Å². The first-order valence-corrected chi connectivity index (χ1v) is 20.5. The van der Waals surface area contributed by atoms with Crippen molar-refractivity contribution in [3.63, 3.8) is 0 Å². The van der Waals surface area contributed by atoms with Gasteiger partial charge >= 0.3 is 0 Å². The summed E-state index contributed by atoms with van der Waals surface area (Å²) in [6.45, 7) is 4.54. The Balaban J connectivity index is 0.000000154. The van der Waals surface area contributed by atoms with Crippen LogP contribution in [0.3, 0.4) is 0 Å². The van der Waals surface area contributed by atoms with E-state index in [9.17, 15) is 27.8 Å². The molecule has 4 aromatic heterocycles. The monoisotopic (exact) mass is 814 g/mol. The third-order valence-electron chi connectivity index (χ3n) is 13.7. The summed E-state index contributed by atoms with van der Waals surface area (Å²) < 4.78 is 56.5. The van der Waals surface area contributed by atoms with Crippen LogP contribution in [0.1, 0.15) is 98.2 Å². The molecule has 0 amide bonds. The SMILES string of the molecule is C[C@]12Cc3cnn(-c4ccc(F)cc4)c3C=C1CC[C@@H]2C[C@@H](O)c1ccc(F)nc1.C[C@]12Cc3cnn(-c4ccc(F)cc4)c3C=C1CC[C@@H]2C[C@H](O)c1ccc(F)nc1. The largest absolute Gasteiger partial charge is 0.388 e. The van der Waals surface area contributed by atoms with Gasteiger partial charge in [-0.2, -0.15) is 19.0 Å². The number of halogens is 4. The summed E-state index contributed by atoms with van der Waals surface area (Å²) in [5, 5.41) is 30.5. The number of nitrogens with zero attached hydrogens (tertiary/aromatic N) is 6. The van der Waals surface area contributed by atoms with Crippen molar-refractivity contribution >= 4 is 12.2 Å². The maximum atomic E-state index is 13.3. The van der Waals surface area contributed by atoms with Crippen LogP contribution in [0.25, 0.3) is 23.5 Å². The highest BCUT2D eigenvalue weighted by molar-refractivity contribution is 5.63. The van der Waals surface area contributed by atoms with Gasteiger partial charge in [0, 0.05) is 12.4 Å². The summed E-state index contributed by atoms with van der Waals surface area (Å²) in [6, 6.07) is 18.5. The standard InChI is InChI=1S/2C24H23F2N3O/c2*1-24-12-16-14-28-29(20-7-5-19(25)6-8-20)21(16)10-17(24)3-4-18(24)11-22(30)15-2-9-23(26)27-13-15/h2*2,5-10,13-14,18,22,30H,3-4,11-12H2,1H3/t18-,22+,24+;18-,22-,24+/m11/s1. The molecule has 4 aliphatic rings. The topological polar surface area (TPSA) is 102 Å². The van der Waals surface area contributed by atoms with Gasteiger partial charge in [0.25, 0.3) is 0 Å². The van der Waals surface area contributed by atoms with Gasteiger partial charge in [0.15, 0.2) is 0 Å². The zero-order chi connectivity index (χ0) is 41.8. The van der Waals surface area contributed by atoms with E-state index in [1.54, 1.807) is 36.4 Å². The van der Waals surface area contributed by atoms with E-state index in [-0.39, 0.29) is 22.5 Å². The van der Waals surface area contributed by atoms with Gasteiger partial charge in [0.1, 0.15) is 11.6 Å². The number of hydrogen-bond acceptors (Lipinski definition) is 6. The molecule has 0 aliphatic heterocycles. The molecule has 2 N–H and O–H groups in total. The van der Waals surface area contributed by atoms with E-state index in [4.69, 9.17) is 0 Å². The lowest BCUT2D eigenvalue weighted by Gasteiger charge is -2.37. The first-order valence-electron chi connectivity index (χ1n) is 20.5. The minimum atomic E-state index is -0.664. The van der Waals surface area contributed by atoms with E-state index in [0.29, 0.717) is 35.8 Å². The van der Waals surface area contributed by atoms with E-state index < -0.39 is 24.1 Å². The molecule has 0 saturated heterocycles. The Kier molecular flexibility index (Phi) is 10.4. The summed E-state index contributed by atoms with van der Waals surface area (Å²) >= 11 is 0. The van der Waals surface area contributed by atoms with Crippen LogP contribution in [-0.2, 0) is 12.8 Å². The molecule has 0 bridgehead atoms. The molecular weight excluding hydrogens is 769 g/mol. The molecule has 308 valence electrons. The van der Waals surface area contributed by atoms with Crippen LogP contribution in [0.2, 0.25) is 0 Å². The maximum Gasteiger partial charge on any atom is 0.212 e. The molecule has 8 nitrogen and oxygen atoms in total. The van der Waals surface area contributed by atoms with Crippen molar-refractivity contribution in [1.82, 2.24) is 29.5 Å². The number of aliphatic hydroxyl groups excluding tert-OH is 2. The summed E-state index contributed by atoms with van der Waals surface area (Å²) in [5.74, 6) is -0.986. The Morgan fingerprint density at radius 1 is 0.583 bits per heavy atom. The van der Waals surface area contributed by atoms with Crippen molar-refractivity contribution in [2.24, 2.45) is 22.7 Å². The van der Waals surface area contributed by atoms with Crippen LogP contribution in [0.4, 0.5) is 17.6 Å². The highest BCUT2D eigenvalue weighted by atomic mass is 19.1. The van der Waals surface area contributed by atoms with Crippen LogP contribution in [0.15, 0.2) is 109 Å². The molecule has 12 heteroatoms. The first kappa shape index (κ1) is 39.7. The summed E-state index contributed by atoms with van der Waals surface area (Å²) in [4.78, 5) is 7.34. The number of aromatic nitrogens is 6. The van der Waals surface area contributed by atoms with Crippen molar-refractivity contribution in [2.45, 2.75) is 77.4 Å². The van der Waals surface area contributed by atoms with Gasteiger partial charge in [-0.05, 0) is 169 Å². The summed E-state index contributed by atoms with van der Waals surface area (Å²) in [6.07, 6.45) is 16.6. The molecule has 4 aliphatic carbocycles. The fourth-order valence-corrected chi connectivity index (χ4v) is 10.2. The predicted molar refractivity (Wildman–Crippen MR) is 220 cm³/mol. The Bertz CT molecular complexity index is 2390. The molecule has 6 aromatic rings. The minimum absolute atomic E-state index is 0.0436. The fraction of sp³-hybridized carbons (Fsp3) is 0.333. The number of aliphatic hydroxyl groups is 2. The second-order valence-electron chi connectivity index (χ2n) is 17.2. The van der Waals surface area contributed by atoms with E-state index in [2.05, 4.69) is 46.2 Å². The normalized spacial score (nSPS) is 23.6. The van der Waals surface area contributed by atoms with Gasteiger partial charge in [0.2, 0.25) is 11.9 Å². The Morgan fingerprint density at radius 2 is 0.983 bits per heavy atom. The molecule has 0 radical (unpaired) electrons. The molecule has 10 rings (SSSR count). The highest BCUT2D eigenvalue weighted by Gasteiger charge is 2.47. The third kappa shape index (κ3) is 7.40. The molecule has 60 heavy (non-hydrogen) atoms.